The van der Waals surface area contributed by atoms with E-state index in [0.29, 0.717) is 19.8 Å². The Labute approximate surface area is 131 Å². The van der Waals surface area contributed by atoms with Crippen LogP contribution in [0, 0.1) is 6.92 Å². The molecule has 7 heteroatoms. The van der Waals surface area contributed by atoms with Crippen LogP contribution in [0.3, 0.4) is 0 Å². The lowest BCUT2D eigenvalue weighted by Gasteiger charge is -2.31. The lowest BCUT2D eigenvalue weighted by molar-refractivity contribution is -0.118. The van der Waals surface area contributed by atoms with Crippen LogP contribution in [0.4, 0.5) is 5.69 Å². The van der Waals surface area contributed by atoms with Gasteiger partial charge in [-0.15, -0.1) is 0 Å². The molecule has 1 aromatic heterocycles. The molecule has 7 nitrogen and oxygen atoms in total. The Hall–Kier alpha value is -1.44. The van der Waals surface area contributed by atoms with E-state index < -0.39 is 0 Å². The van der Waals surface area contributed by atoms with Gasteiger partial charge in [0.25, 0.3) is 0 Å². The quantitative estimate of drug-likeness (QED) is 0.754. The maximum Gasteiger partial charge on any atom is 0.238 e. The number of ether oxygens (including phenoxy) is 2. The first-order chi connectivity index (χ1) is 10.6. The molecule has 2 rings (SSSR count). The van der Waals surface area contributed by atoms with Crippen molar-refractivity contribution in [2.24, 2.45) is 7.05 Å². The number of anilines is 1. The van der Waals surface area contributed by atoms with Gasteiger partial charge < -0.3 is 14.8 Å². The Morgan fingerprint density at radius 3 is 2.73 bits per heavy atom. The van der Waals surface area contributed by atoms with E-state index in [4.69, 9.17) is 9.47 Å². The number of nitrogens with zero attached hydrogens (tertiary/aromatic N) is 3. The van der Waals surface area contributed by atoms with Crippen molar-refractivity contribution in [3.8, 4) is 0 Å². The number of rotatable bonds is 7. The van der Waals surface area contributed by atoms with Crippen molar-refractivity contribution in [3.05, 3.63) is 11.9 Å². The first-order valence-corrected chi connectivity index (χ1v) is 7.71. The first kappa shape index (κ1) is 16.9. The van der Waals surface area contributed by atoms with Gasteiger partial charge in [0.1, 0.15) is 0 Å². The maximum atomic E-state index is 12.1. The van der Waals surface area contributed by atoms with Gasteiger partial charge in [0.15, 0.2) is 0 Å². The van der Waals surface area contributed by atoms with Crippen molar-refractivity contribution in [1.82, 2.24) is 14.7 Å². The molecule has 0 bridgehead atoms. The summed E-state index contributed by atoms with van der Waals surface area (Å²) < 4.78 is 12.4. The van der Waals surface area contributed by atoms with Crippen LogP contribution in [0.5, 0.6) is 0 Å². The van der Waals surface area contributed by atoms with Crippen LogP contribution in [-0.4, -0.2) is 66.6 Å². The minimum atomic E-state index is 0.00912. The van der Waals surface area contributed by atoms with E-state index in [0.717, 1.165) is 37.3 Å². The van der Waals surface area contributed by atoms with Crippen LogP contribution in [-0.2, 0) is 21.3 Å². The van der Waals surface area contributed by atoms with Crippen molar-refractivity contribution in [1.29, 1.82) is 0 Å². The summed E-state index contributed by atoms with van der Waals surface area (Å²) >= 11 is 0. The van der Waals surface area contributed by atoms with E-state index in [9.17, 15) is 4.79 Å². The van der Waals surface area contributed by atoms with Gasteiger partial charge in [-0.25, -0.2) is 0 Å². The third-order valence-electron chi connectivity index (χ3n) is 3.83. The zero-order valence-corrected chi connectivity index (χ0v) is 13.7. The molecule has 0 unspecified atom stereocenters. The van der Waals surface area contributed by atoms with Gasteiger partial charge in [-0.2, -0.15) is 5.10 Å². The molecule has 0 aromatic carbocycles. The highest BCUT2D eigenvalue weighted by Crippen LogP contribution is 2.15. The van der Waals surface area contributed by atoms with Crippen molar-refractivity contribution in [3.63, 3.8) is 0 Å². The Morgan fingerprint density at radius 1 is 1.41 bits per heavy atom. The number of likely N-dealkylation sites (tertiary alicyclic amines) is 1. The average molecular weight is 310 g/mol. The molecule has 1 aromatic rings. The smallest absolute Gasteiger partial charge is 0.238 e. The summed E-state index contributed by atoms with van der Waals surface area (Å²) in [5, 5.41) is 7.14. The van der Waals surface area contributed by atoms with Crippen LogP contribution in [0.15, 0.2) is 6.20 Å². The molecular formula is C15H26N4O3. The van der Waals surface area contributed by atoms with Crippen LogP contribution in [0.1, 0.15) is 18.5 Å². The highest BCUT2D eigenvalue weighted by atomic mass is 16.5. The Balaban J connectivity index is 1.69. The zero-order valence-electron chi connectivity index (χ0n) is 13.7. The van der Waals surface area contributed by atoms with E-state index in [2.05, 4.69) is 15.3 Å². The second kappa shape index (κ2) is 8.26. The maximum absolute atomic E-state index is 12.1. The monoisotopic (exact) mass is 310 g/mol. The van der Waals surface area contributed by atoms with Gasteiger partial charge in [-0.05, 0) is 19.8 Å². The van der Waals surface area contributed by atoms with Crippen LogP contribution in [0.2, 0.25) is 0 Å². The van der Waals surface area contributed by atoms with Crippen molar-refractivity contribution < 1.29 is 14.3 Å². The molecule has 0 aliphatic carbocycles. The van der Waals surface area contributed by atoms with Gasteiger partial charge in [0.2, 0.25) is 5.91 Å². The highest BCUT2D eigenvalue weighted by molar-refractivity contribution is 5.92. The highest BCUT2D eigenvalue weighted by Gasteiger charge is 2.21. The number of aryl methyl sites for hydroxylation is 2. The van der Waals surface area contributed by atoms with Crippen molar-refractivity contribution in [2.75, 3.05) is 45.3 Å². The van der Waals surface area contributed by atoms with Crippen molar-refractivity contribution >= 4 is 11.6 Å². The molecular weight excluding hydrogens is 284 g/mol. The van der Waals surface area contributed by atoms with Crippen molar-refractivity contribution in [2.45, 2.75) is 25.9 Å². The van der Waals surface area contributed by atoms with Crippen LogP contribution in [0.25, 0.3) is 0 Å². The SMILES string of the molecule is COCCOC1CCN(CC(=O)Nc2cn(C)nc2C)CC1. The number of piperidine rings is 1. The van der Waals surface area contributed by atoms with E-state index in [1.54, 1.807) is 11.8 Å². The molecule has 1 amide bonds. The van der Waals surface area contributed by atoms with Gasteiger partial charge in [-0.1, -0.05) is 0 Å². The molecule has 2 heterocycles. The zero-order chi connectivity index (χ0) is 15.9. The minimum absolute atomic E-state index is 0.00912. The van der Waals surface area contributed by atoms with E-state index in [1.165, 1.54) is 0 Å². The third-order valence-corrected chi connectivity index (χ3v) is 3.83. The molecule has 1 fully saturated rings. The predicted molar refractivity (Wildman–Crippen MR) is 83.9 cm³/mol. The lowest BCUT2D eigenvalue weighted by Crippen LogP contribution is -2.41. The number of carbonyl (C=O) groups excluding carboxylic acids is 1. The van der Waals surface area contributed by atoms with Crippen LogP contribution >= 0.6 is 0 Å². The third kappa shape index (κ3) is 5.08. The Bertz CT molecular complexity index is 481. The molecule has 1 aliphatic rings. The van der Waals surface area contributed by atoms with Gasteiger partial charge in [-0.3, -0.25) is 14.4 Å². The topological polar surface area (TPSA) is 68.6 Å². The van der Waals surface area contributed by atoms with E-state index >= 15 is 0 Å². The van der Waals surface area contributed by atoms with E-state index in [-0.39, 0.29) is 12.0 Å². The number of aromatic nitrogens is 2. The van der Waals surface area contributed by atoms with E-state index in [1.807, 2.05) is 20.2 Å². The van der Waals surface area contributed by atoms with Crippen LogP contribution < -0.4 is 5.32 Å². The summed E-state index contributed by atoms with van der Waals surface area (Å²) in [6.45, 7) is 5.35. The number of hydrogen-bond donors (Lipinski definition) is 1. The lowest BCUT2D eigenvalue weighted by atomic mass is 10.1. The number of nitrogens with one attached hydrogen (secondary N) is 1. The Morgan fingerprint density at radius 2 is 2.14 bits per heavy atom. The average Bonchev–Trinajstić information content (AvgIpc) is 2.79. The standard InChI is InChI=1S/C15H26N4O3/c1-12-14(10-18(2)17-12)16-15(20)11-19-6-4-13(5-7-19)22-9-8-21-3/h10,13H,4-9,11H2,1-3H3,(H,16,20). The fraction of sp³-hybridized carbons (Fsp3) is 0.733. The molecule has 1 aliphatic heterocycles. The normalized spacial score (nSPS) is 16.9. The largest absolute Gasteiger partial charge is 0.382 e. The fourth-order valence-corrected chi connectivity index (χ4v) is 2.65. The number of hydrogen-bond acceptors (Lipinski definition) is 5. The second-order valence-electron chi connectivity index (χ2n) is 5.69. The van der Waals surface area contributed by atoms with Gasteiger partial charge in [0.05, 0.1) is 37.2 Å². The van der Waals surface area contributed by atoms with Gasteiger partial charge >= 0.3 is 0 Å². The molecule has 0 spiro atoms. The molecule has 0 atom stereocenters. The predicted octanol–water partition coefficient (Wildman–Crippen LogP) is 0.794. The summed E-state index contributed by atoms with van der Waals surface area (Å²) in [6.07, 6.45) is 4.03. The first-order valence-electron chi connectivity index (χ1n) is 7.71. The summed E-state index contributed by atoms with van der Waals surface area (Å²) in [7, 11) is 3.52. The summed E-state index contributed by atoms with van der Waals surface area (Å²) in [6, 6.07) is 0. The summed E-state index contributed by atoms with van der Waals surface area (Å²) in [5.74, 6) is 0.00912. The minimum Gasteiger partial charge on any atom is -0.382 e. The molecule has 22 heavy (non-hydrogen) atoms. The summed E-state index contributed by atoms with van der Waals surface area (Å²) in [5.41, 5.74) is 1.62. The number of carbonyl (C=O) groups is 1. The number of amides is 1. The fourth-order valence-electron chi connectivity index (χ4n) is 2.65. The Kier molecular flexibility index (Phi) is 6.35. The molecule has 124 valence electrons. The molecule has 1 N–H and O–H groups in total. The second-order valence-corrected chi connectivity index (χ2v) is 5.69. The summed E-state index contributed by atoms with van der Waals surface area (Å²) in [4.78, 5) is 14.3. The number of methoxy groups -OCH3 is 1. The molecule has 1 saturated heterocycles. The molecule has 0 saturated carbocycles. The molecule has 0 radical (unpaired) electrons. The van der Waals surface area contributed by atoms with Gasteiger partial charge in [0, 0.05) is 33.4 Å².